The van der Waals surface area contributed by atoms with Crippen molar-refractivity contribution in [1.82, 2.24) is 24.9 Å². The summed E-state index contributed by atoms with van der Waals surface area (Å²) in [5.41, 5.74) is 7.87. The van der Waals surface area contributed by atoms with Gasteiger partial charge in [-0.1, -0.05) is 12.1 Å². The number of nitrogens with two attached hydrogens (primary N) is 1. The number of carbonyl (C=O) groups is 1. The van der Waals surface area contributed by atoms with Gasteiger partial charge < -0.3 is 20.5 Å². The monoisotopic (exact) mass is 422 g/mol. The maximum Gasteiger partial charge on any atom is 0.228 e. The molecule has 0 aliphatic carbocycles. The molecule has 0 spiro atoms. The number of hydrogen-bond donors (Lipinski definition) is 2. The second kappa shape index (κ2) is 7.38. The molecule has 4 aromatic rings. The van der Waals surface area contributed by atoms with Crippen LogP contribution in [-0.4, -0.2) is 39.2 Å². The van der Waals surface area contributed by atoms with Gasteiger partial charge in [-0.2, -0.15) is 4.52 Å². The predicted octanol–water partition coefficient (Wildman–Crippen LogP) is 2.19. The fourth-order valence-electron chi connectivity index (χ4n) is 3.81. The molecule has 0 unspecified atom stereocenters. The minimum atomic E-state index is -0.380. The third kappa shape index (κ3) is 3.35. The number of fused-ring (bicyclic) bond motifs is 4. The number of carbonyl (C=O) groups excluding carboxylic acids is 1. The van der Waals surface area contributed by atoms with Crippen LogP contribution in [0.2, 0.25) is 0 Å². The minimum absolute atomic E-state index is 0.0412. The summed E-state index contributed by atoms with van der Waals surface area (Å²) < 4.78 is 25.7. The SMILES string of the molecule is COc1cccc2c1nc(N)n1nc(CC(=O)N[C@H]3CCOc4cc(F)ccc43)nc21. The Labute approximate surface area is 176 Å². The molecule has 3 N–H and O–H groups in total. The zero-order chi connectivity index (χ0) is 21.5. The molecule has 1 aliphatic heterocycles. The van der Waals surface area contributed by atoms with E-state index in [9.17, 15) is 9.18 Å². The highest BCUT2D eigenvalue weighted by atomic mass is 19.1. The van der Waals surface area contributed by atoms with Gasteiger partial charge in [0.2, 0.25) is 11.9 Å². The van der Waals surface area contributed by atoms with Gasteiger partial charge in [0.1, 0.15) is 22.8 Å². The number of hydrogen-bond acceptors (Lipinski definition) is 7. The van der Waals surface area contributed by atoms with Crippen molar-refractivity contribution in [2.24, 2.45) is 0 Å². The van der Waals surface area contributed by atoms with E-state index >= 15 is 0 Å². The summed E-state index contributed by atoms with van der Waals surface area (Å²) >= 11 is 0. The van der Waals surface area contributed by atoms with Crippen molar-refractivity contribution in [3.8, 4) is 11.5 Å². The molecule has 0 fully saturated rings. The van der Waals surface area contributed by atoms with Crippen molar-refractivity contribution in [1.29, 1.82) is 0 Å². The number of para-hydroxylation sites is 1. The van der Waals surface area contributed by atoms with E-state index in [0.717, 1.165) is 5.56 Å². The Bertz CT molecular complexity index is 1320. The molecule has 5 rings (SSSR count). The molecule has 2 aromatic carbocycles. The molecule has 1 aliphatic rings. The maximum absolute atomic E-state index is 13.5. The molecular formula is C21H19FN6O3. The van der Waals surface area contributed by atoms with Crippen molar-refractivity contribution in [2.75, 3.05) is 19.5 Å². The second-order valence-corrected chi connectivity index (χ2v) is 7.21. The van der Waals surface area contributed by atoms with E-state index in [-0.39, 0.29) is 30.1 Å². The lowest BCUT2D eigenvalue weighted by molar-refractivity contribution is -0.121. The molecule has 0 saturated heterocycles. The van der Waals surface area contributed by atoms with Gasteiger partial charge in [0.15, 0.2) is 11.5 Å². The van der Waals surface area contributed by atoms with E-state index < -0.39 is 0 Å². The molecule has 158 valence electrons. The number of aromatic nitrogens is 4. The van der Waals surface area contributed by atoms with E-state index in [4.69, 9.17) is 15.2 Å². The van der Waals surface area contributed by atoms with Gasteiger partial charge in [0.25, 0.3) is 0 Å². The zero-order valence-corrected chi connectivity index (χ0v) is 16.6. The minimum Gasteiger partial charge on any atom is -0.494 e. The number of rotatable bonds is 4. The van der Waals surface area contributed by atoms with Gasteiger partial charge in [-0.25, -0.2) is 14.4 Å². The summed E-state index contributed by atoms with van der Waals surface area (Å²) in [6.07, 6.45) is 0.546. The number of nitrogen functional groups attached to an aromatic ring is 1. The molecule has 3 heterocycles. The Morgan fingerprint density at radius 3 is 3.06 bits per heavy atom. The van der Waals surface area contributed by atoms with Crippen molar-refractivity contribution in [2.45, 2.75) is 18.9 Å². The van der Waals surface area contributed by atoms with Crippen LogP contribution in [0.5, 0.6) is 11.5 Å². The first kappa shape index (κ1) is 19.0. The number of anilines is 1. The summed E-state index contributed by atoms with van der Waals surface area (Å²) in [7, 11) is 1.55. The number of methoxy groups -OCH3 is 1. The van der Waals surface area contributed by atoms with Crippen molar-refractivity contribution in [3.05, 3.63) is 53.6 Å². The highest BCUT2D eigenvalue weighted by Gasteiger charge is 2.24. The second-order valence-electron chi connectivity index (χ2n) is 7.21. The standard InChI is InChI=1S/C21H19FN6O3/c1-30-15-4-2-3-13-19(15)26-21(23)28-20(13)25-17(27-28)10-18(29)24-14-7-8-31-16-9-11(22)5-6-12(14)16/h2-6,9,14H,7-8,10H2,1H3,(H2,23,26)(H,24,29)/t14-/m0/s1. The molecular weight excluding hydrogens is 403 g/mol. The summed E-state index contributed by atoms with van der Waals surface area (Å²) in [6, 6.07) is 9.49. The average Bonchev–Trinajstić information content (AvgIpc) is 3.18. The summed E-state index contributed by atoms with van der Waals surface area (Å²) in [6.45, 7) is 0.393. The van der Waals surface area contributed by atoms with Crippen LogP contribution in [0.3, 0.4) is 0 Å². The molecule has 10 heteroatoms. The Morgan fingerprint density at radius 1 is 1.35 bits per heavy atom. The Balaban J connectivity index is 1.42. The third-order valence-corrected chi connectivity index (χ3v) is 5.22. The normalized spacial score (nSPS) is 15.5. The first-order chi connectivity index (χ1) is 15.0. The summed E-state index contributed by atoms with van der Waals surface area (Å²) in [4.78, 5) is 21.6. The Kier molecular flexibility index (Phi) is 4.54. The zero-order valence-electron chi connectivity index (χ0n) is 16.6. The molecule has 1 atom stereocenters. The maximum atomic E-state index is 13.5. The quantitative estimate of drug-likeness (QED) is 0.518. The van der Waals surface area contributed by atoms with Crippen molar-refractivity contribution in [3.63, 3.8) is 0 Å². The number of nitrogens with one attached hydrogen (secondary N) is 1. The van der Waals surface area contributed by atoms with Crippen molar-refractivity contribution >= 4 is 28.4 Å². The van der Waals surface area contributed by atoms with Gasteiger partial charge in [0.05, 0.1) is 26.2 Å². The van der Waals surface area contributed by atoms with Gasteiger partial charge >= 0.3 is 0 Å². The van der Waals surface area contributed by atoms with E-state index in [0.29, 0.717) is 46.9 Å². The molecule has 0 saturated carbocycles. The van der Waals surface area contributed by atoms with Crippen LogP contribution in [0.25, 0.3) is 16.6 Å². The lowest BCUT2D eigenvalue weighted by atomic mass is 10.0. The first-order valence-corrected chi connectivity index (χ1v) is 9.73. The van der Waals surface area contributed by atoms with Crippen LogP contribution >= 0.6 is 0 Å². The summed E-state index contributed by atoms with van der Waals surface area (Å²) in [5.74, 6) is 0.839. The first-order valence-electron chi connectivity index (χ1n) is 9.73. The number of benzene rings is 2. The largest absolute Gasteiger partial charge is 0.494 e. The lowest BCUT2D eigenvalue weighted by Crippen LogP contribution is -2.33. The molecule has 9 nitrogen and oxygen atoms in total. The van der Waals surface area contributed by atoms with Crippen molar-refractivity contribution < 1.29 is 18.7 Å². The Morgan fingerprint density at radius 2 is 2.23 bits per heavy atom. The molecule has 0 bridgehead atoms. The third-order valence-electron chi connectivity index (χ3n) is 5.22. The van der Waals surface area contributed by atoms with Gasteiger partial charge in [-0.3, -0.25) is 4.79 Å². The van der Waals surface area contributed by atoms with Crippen LogP contribution in [0.15, 0.2) is 36.4 Å². The number of amides is 1. The molecule has 0 radical (unpaired) electrons. The van der Waals surface area contributed by atoms with E-state index in [1.54, 1.807) is 19.2 Å². The van der Waals surface area contributed by atoms with E-state index in [1.807, 2.05) is 12.1 Å². The van der Waals surface area contributed by atoms with Crippen LogP contribution in [0, 0.1) is 5.82 Å². The van der Waals surface area contributed by atoms with Crippen LogP contribution in [-0.2, 0) is 11.2 Å². The smallest absolute Gasteiger partial charge is 0.228 e. The van der Waals surface area contributed by atoms with Crippen LogP contribution in [0.1, 0.15) is 23.9 Å². The highest BCUT2D eigenvalue weighted by Crippen LogP contribution is 2.32. The molecule has 2 aromatic heterocycles. The average molecular weight is 422 g/mol. The van der Waals surface area contributed by atoms with E-state index in [1.165, 1.54) is 16.6 Å². The van der Waals surface area contributed by atoms with Gasteiger partial charge in [0, 0.05) is 23.4 Å². The summed E-state index contributed by atoms with van der Waals surface area (Å²) in [5, 5.41) is 8.02. The van der Waals surface area contributed by atoms with Crippen LogP contribution < -0.4 is 20.5 Å². The highest BCUT2D eigenvalue weighted by molar-refractivity contribution is 5.96. The Hall–Kier alpha value is -3.95. The fourth-order valence-corrected chi connectivity index (χ4v) is 3.81. The topological polar surface area (TPSA) is 117 Å². The number of halogens is 1. The predicted molar refractivity (Wildman–Crippen MR) is 110 cm³/mol. The van der Waals surface area contributed by atoms with Crippen LogP contribution in [0.4, 0.5) is 10.3 Å². The van der Waals surface area contributed by atoms with E-state index in [2.05, 4.69) is 20.4 Å². The van der Waals surface area contributed by atoms with Gasteiger partial charge in [-0.15, -0.1) is 5.10 Å². The molecule has 31 heavy (non-hydrogen) atoms. The molecule has 1 amide bonds. The number of nitrogens with zero attached hydrogens (tertiary/aromatic N) is 4. The lowest BCUT2D eigenvalue weighted by Gasteiger charge is -2.26. The van der Waals surface area contributed by atoms with Gasteiger partial charge in [-0.05, 0) is 18.2 Å². The fraction of sp³-hybridized carbons (Fsp3) is 0.238. The number of ether oxygens (including phenoxy) is 2.